The number of carbonyl (C=O) groups is 1. The van der Waals surface area contributed by atoms with Crippen molar-refractivity contribution in [2.75, 3.05) is 13.1 Å². The highest BCUT2D eigenvalue weighted by Crippen LogP contribution is 2.34. The van der Waals surface area contributed by atoms with Crippen LogP contribution in [-0.4, -0.2) is 33.9 Å². The monoisotopic (exact) mass is 379 g/mol. The Labute approximate surface area is 163 Å². The number of hydrogen-bond donors (Lipinski definition) is 0. The molecule has 3 heterocycles. The summed E-state index contributed by atoms with van der Waals surface area (Å²) in [4.78, 5) is 23.1. The van der Waals surface area contributed by atoms with E-state index in [0.717, 1.165) is 12.8 Å². The van der Waals surface area contributed by atoms with Gasteiger partial charge < -0.3 is 9.32 Å². The molecule has 1 aliphatic rings. The summed E-state index contributed by atoms with van der Waals surface area (Å²) in [5, 5.41) is 0. The van der Waals surface area contributed by atoms with E-state index in [1.54, 1.807) is 48.9 Å². The third-order valence-electron chi connectivity index (χ3n) is 5.30. The van der Waals surface area contributed by atoms with Crippen molar-refractivity contribution in [1.29, 1.82) is 0 Å². The van der Waals surface area contributed by atoms with Crippen molar-refractivity contribution in [1.82, 2.24) is 14.9 Å². The molecule has 144 valence electrons. The zero-order valence-corrected chi connectivity index (χ0v) is 15.8. The first-order chi connectivity index (χ1) is 13.5. The van der Waals surface area contributed by atoms with Gasteiger partial charge in [0.1, 0.15) is 11.6 Å². The van der Waals surface area contributed by atoms with Crippen LogP contribution in [0.4, 0.5) is 4.39 Å². The van der Waals surface area contributed by atoms with E-state index >= 15 is 0 Å². The van der Waals surface area contributed by atoms with Gasteiger partial charge in [-0.1, -0.05) is 18.2 Å². The first-order valence-corrected chi connectivity index (χ1v) is 9.43. The summed E-state index contributed by atoms with van der Waals surface area (Å²) in [7, 11) is 0. The maximum atomic E-state index is 13.9. The first kappa shape index (κ1) is 18.3. The van der Waals surface area contributed by atoms with E-state index in [-0.39, 0.29) is 17.1 Å². The van der Waals surface area contributed by atoms with Crippen molar-refractivity contribution < 1.29 is 13.6 Å². The molecule has 1 saturated heterocycles. The number of nitrogens with zero attached hydrogens (tertiary/aromatic N) is 3. The lowest BCUT2D eigenvalue weighted by Gasteiger charge is -2.38. The summed E-state index contributed by atoms with van der Waals surface area (Å²) in [5.74, 6) is 0.967. The second-order valence-corrected chi connectivity index (χ2v) is 7.53. The zero-order valence-electron chi connectivity index (χ0n) is 15.8. The molecule has 1 fully saturated rings. The van der Waals surface area contributed by atoms with Crippen LogP contribution in [0.25, 0.3) is 0 Å². The van der Waals surface area contributed by atoms with Gasteiger partial charge in [-0.3, -0.25) is 9.78 Å². The molecule has 0 spiro atoms. The Morgan fingerprint density at radius 1 is 1.25 bits per heavy atom. The number of likely N-dealkylation sites (tertiary alicyclic amines) is 1. The molecule has 0 bridgehead atoms. The summed E-state index contributed by atoms with van der Waals surface area (Å²) in [5.41, 5.74) is 0.842. The van der Waals surface area contributed by atoms with Gasteiger partial charge in [0.2, 0.25) is 5.89 Å². The molecule has 6 heteroatoms. The number of amides is 1. The van der Waals surface area contributed by atoms with Crippen molar-refractivity contribution in [2.24, 2.45) is 0 Å². The Kier molecular flexibility index (Phi) is 4.94. The van der Waals surface area contributed by atoms with Gasteiger partial charge in [0.05, 0.1) is 11.6 Å². The van der Waals surface area contributed by atoms with E-state index in [0.29, 0.717) is 42.3 Å². The highest BCUT2D eigenvalue weighted by Gasteiger charge is 2.38. The summed E-state index contributed by atoms with van der Waals surface area (Å²) in [6, 6.07) is 10.1. The second kappa shape index (κ2) is 7.54. The minimum absolute atomic E-state index is 0.00791. The van der Waals surface area contributed by atoms with Gasteiger partial charge in [-0.2, -0.15) is 0 Å². The number of aromatic nitrogens is 2. The third-order valence-corrected chi connectivity index (χ3v) is 5.30. The molecule has 3 aromatic rings. The van der Waals surface area contributed by atoms with Crippen molar-refractivity contribution in [3.8, 4) is 0 Å². The predicted octanol–water partition coefficient (Wildman–Crippen LogP) is 3.99. The lowest BCUT2D eigenvalue weighted by molar-refractivity contribution is 0.0626. The van der Waals surface area contributed by atoms with Crippen LogP contribution in [0.1, 0.15) is 47.3 Å². The summed E-state index contributed by atoms with van der Waals surface area (Å²) in [6.07, 6.45) is 7.02. The molecule has 1 aliphatic heterocycles. The van der Waals surface area contributed by atoms with Crippen LogP contribution in [0.2, 0.25) is 0 Å². The molecule has 0 radical (unpaired) electrons. The van der Waals surface area contributed by atoms with Gasteiger partial charge in [-0.25, -0.2) is 9.37 Å². The number of hydrogen-bond acceptors (Lipinski definition) is 4. The summed E-state index contributed by atoms with van der Waals surface area (Å²) < 4.78 is 19.9. The first-order valence-electron chi connectivity index (χ1n) is 9.43. The van der Waals surface area contributed by atoms with Crippen molar-refractivity contribution in [3.63, 3.8) is 0 Å². The van der Waals surface area contributed by atoms with E-state index in [4.69, 9.17) is 4.42 Å². The molecule has 28 heavy (non-hydrogen) atoms. The molecule has 2 aromatic heterocycles. The molecule has 4 rings (SSSR count). The van der Waals surface area contributed by atoms with E-state index in [1.165, 1.54) is 6.07 Å². The number of oxazole rings is 1. The van der Waals surface area contributed by atoms with Crippen LogP contribution in [0.3, 0.4) is 0 Å². The van der Waals surface area contributed by atoms with Gasteiger partial charge in [0.25, 0.3) is 5.91 Å². The second-order valence-electron chi connectivity index (χ2n) is 7.53. The predicted molar refractivity (Wildman–Crippen MR) is 102 cm³/mol. The van der Waals surface area contributed by atoms with Gasteiger partial charge in [0.15, 0.2) is 0 Å². The molecule has 0 unspecified atom stereocenters. The van der Waals surface area contributed by atoms with Gasteiger partial charge in [0, 0.05) is 37.5 Å². The Morgan fingerprint density at radius 3 is 2.82 bits per heavy atom. The quantitative estimate of drug-likeness (QED) is 0.688. The minimum Gasteiger partial charge on any atom is -0.445 e. The lowest BCUT2D eigenvalue weighted by Crippen LogP contribution is -2.47. The number of halogens is 1. The van der Waals surface area contributed by atoms with Crippen LogP contribution in [0.15, 0.2) is 59.4 Å². The SMILES string of the molecule is C[C@@]1(c2ncc(Cc3ccccc3F)o2)CCCN(C(=O)c2ccncc2)C1. The van der Waals surface area contributed by atoms with E-state index < -0.39 is 0 Å². The van der Waals surface area contributed by atoms with E-state index in [2.05, 4.69) is 16.9 Å². The Balaban J connectivity index is 1.51. The molecular formula is C22H22FN3O2. The topological polar surface area (TPSA) is 59.2 Å². The fraction of sp³-hybridized carbons (Fsp3) is 0.318. The van der Waals surface area contributed by atoms with Crippen LogP contribution in [0.5, 0.6) is 0 Å². The molecule has 5 nitrogen and oxygen atoms in total. The fourth-order valence-electron chi connectivity index (χ4n) is 3.76. The average Bonchev–Trinajstić information content (AvgIpc) is 3.19. The van der Waals surface area contributed by atoms with Crippen molar-refractivity contribution >= 4 is 5.91 Å². The van der Waals surface area contributed by atoms with Crippen molar-refractivity contribution in [3.05, 3.63) is 83.6 Å². The Morgan fingerprint density at radius 2 is 2.04 bits per heavy atom. The molecule has 1 aromatic carbocycles. The van der Waals surface area contributed by atoms with Gasteiger partial charge in [-0.05, 0) is 43.5 Å². The number of rotatable bonds is 4. The van der Waals surface area contributed by atoms with Gasteiger partial charge >= 0.3 is 0 Å². The number of carbonyl (C=O) groups excluding carboxylic acids is 1. The maximum Gasteiger partial charge on any atom is 0.253 e. The number of piperidine rings is 1. The molecule has 1 atom stereocenters. The smallest absolute Gasteiger partial charge is 0.253 e. The molecular weight excluding hydrogens is 357 g/mol. The largest absolute Gasteiger partial charge is 0.445 e. The normalized spacial score (nSPS) is 19.6. The number of benzene rings is 1. The summed E-state index contributed by atoms with van der Waals surface area (Å²) >= 11 is 0. The highest BCUT2D eigenvalue weighted by molar-refractivity contribution is 5.94. The van der Waals surface area contributed by atoms with E-state index in [9.17, 15) is 9.18 Å². The molecule has 0 aliphatic carbocycles. The van der Waals surface area contributed by atoms with Crippen LogP contribution >= 0.6 is 0 Å². The Bertz CT molecular complexity index is 973. The number of pyridine rings is 1. The van der Waals surface area contributed by atoms with Crippen LogP contribution in [-0.2, 0) is 11.8 Å². The molecule has 1 amide bonds. The van der Waals surface area contributed by atoms with Crippen LogP contribution < -0.4 is 0 Å². The zero-order chi connectivity index (χ0) is 19.6. The Hall–Kier alpha value is -3.02. The van der Waals surface area contributed by atoms with E-state index in [1.807, 2.05) is 4.90 Å². The van der Waals surface area contributed by atoms with Crippen molar-refractivity contribution in [2.45, 2.75) is 31.6 Å². The average molecular weight is 379 g/mol. The lowest BCUT2D eigenvalue weighted by atomic mass is 9.81. The fourth-order valence-corrected chi connectivity index (χ4v) is 3.76. The standard InChI is InChI=1S/C22H22FN3O2/c1-22(9-4-12-26(15-22)20(27)16-7-10-24-11-8-16)21-25-14-18(28-21)13-17-5-2-3-6-19(17)23/h2-3,5-8,10-11,14H,4,9,12-13,15H2,1H3/t22-/m1/s1. The maximum absolute atomic E-state index is 13.9. The molecule has 0 N–H and O–H groups in total. The minimum atomic E-state index is -0.367. The summed E-state index contributed by atoms with van der Waals surface area (Å²) in [6.45, 7) is 3.31. The van der Waals surface area contributed by atoms with Gasteiger partial charge in [-0.15, -0.1) is 0 Å². The highest BCUT2D eigenvalue weighted by atomic mass is 19.1. The molecule has 0 saturated carbocycles. The third kappa shape index (κ3) is 3.67. The van der Waals surface area contributed by atoms with Crippen LogP contribution in [0, 0.1) is 5.82 Å².